The van der Waals surface area contributed by atoms with Crippen molar-refractivity contribution in [1.29, 1.82) is 0 Å². The van der Waals surface area contributed by atoms with Crippen molar-refractivity contribution in [1.82, 2.24) is 5.32 Å². The number of carbonyl (C=O) groups is 2. The van der Waals surface area contributed by atoms with Crippen molar-refractivity contribution in [3.8, 4) is 0 Å². The second-order valence-corrected chi connectivity index (χ2v) is 5.10. The van der Waals surface area contributed by atoms with Crippen LogP contribution in [0.2, 0.25) is 0 Å². The molecule has 0 aromatic heterocycles. The third-order valence-corrected chi connectivity index (χ3v) is 3.23. The Hall–Kier alpha value is -2.05. The minimum atomic E-state index is -2.82. The molecular formula is C15H18F3NO3. The first-order valence-electron chi connectivity index (χ1n) is 6.85. The van der Waals surface area contributed by atoms with Crippen LogP contribution in [0.25, 0.3) is 0 Å². The zero-order valence-electron chi connectivity index (χ0n) is 12.1. The minimum Gasteiger partial charge on any atom is -0.480 e. The number of carboxylic acid groups (broad SMARTS) is 1. The Bertz CT molecular complexity index is 523. The molecule has 0 saturated carbocycles. The topological polar surface area (TPSA) is 66.4 Å². The van der Waals surface area contributed by atoms with E-state index in [0.29, 0.717) is 18.4 Å². The summed E-state index contributed by atoms with van der Waals surface area (Å²) in [5, 5.41) is 10.9. The van der Waals surface area contributed by atoms with E-state index in [1.54, 1.807) is 19.1 Å². The normalized spacial score (nSPS) is 13.7. The molecule has 0 heterocycles. The van der Waals surface area contributed by atoms with Crippen molar-refractivity contribution < 1.29 is 27.9 Å². The molecule has 0 aliphatic carbocycles. The van der Waals surface area contributed by atoms with Crippen LogP contribution in [-0.4, -0.2) is 29.5 Å². The van der Waals surface area contributed by atoms with Gasteiger partial charge in [-0.2, -0.15) is 0 Å². The Morgan fingerprint density at radius 1 is 1.32 bits per heavy atom. The van der Waals surface area contributed by atoms with Crippen LogP contribution in [0.5, 0.6) is 0 Å². The van der Waals surface area contributed by atoms with Gasteiger partial charge in [-0.1, -0.05) is 19.1 Å². The highest BCUT2D eigenvalue weighted by Crippen LogP contribution is 2.12. The van der Waals surface area contributed by atoms with Gasteiger partial charge in [0.1, 0.15) is 11.9 Å². The fourth-order valence-electron chi connectivity index (χ4n) is 1.92. The first-order valence-corrected chi connectivity index (χ1v) is 6.85. The second-order valence-electron chi connectivity index (χ2n) is 5.10. The number of aliphatic carboxylic acids is 1. The van der Waals surface area contributed by atoms with E-state index < -0.39 is 36.7 Å². The molecule has 1 amide bonds. The Morgan fingerprint density at radius 2 is 2.00 bits per heavy atom. The van der Waals surface area contributed by atoms with Crippen LogP contribution in [0.15, 0.2) is 24.3 Å². The van der Waals surface area contributed by atoms with Crippen LogP contribution in [0.1, 0.15) is 25.3 Å². The van der Waals surface area contributed by atoms with E-state index in [0.717, 1.165) is 0 Å². The van der Waals surface area contributed by atoms with E-state index in [1.807, 2.05) is 0 Å². The van der Waals surface area contributed by atoms with E-state index in [1.165, 1.54) is 12.1 Å². The van der Waals surface area contributed by atoms with Crippen molar-refractivity contribution in [3.05, 3.63) is 35.6 Å². The molecule has 4 nitrogen and oxygen atoms in total. The van der Waals surface area contributed by atoms with Crippen LogP contribution in [0.4, 0.5) is 13.2 Å². The van der Waals surface area contributed by atoms with Crippen molar-refractivity contribution in [2.75, 3.05) is 0 Å². The number of nitrogens with one attached hydrogen (secondary N) is 1. The number of aryl methyl sites for hydroxylation is 1. The Labute approximate surface area is 126 Å². The molecular weight excluding hydrogens is 299 g/mol. The molecule has 2 atom stereocenters. The lowest BCUT2D eigenvalue weighted by atomic mass is 10.00. The Kier molecular flexibility index (Phi) is 6.88. The van der Waals surface area contributed by atoms with Gasteiger partial charge in [0.25, 0.3) is 0 Å². The summed E-state index contributed by atoms with van der Waals surface area (Å²) in [6.45, 7) is 1.57. The first-order chi connectivity index (χ1) is 10.3. The number of benzene rings is 1. The van der Waals surface area contributed by atoms with Crippen LogP contribution in [0.3, 0.4) is 0 Å². The average Bonchev–Trinajstić information content (AvgIpc) is 2.43. The standard InChI is InChI=1S/C15H18F3NO3/c1-9(5-6-10-3-2-4-11(16)7-10)14(20)19-12(15(21)22)8-13(17)18/h2-4,7,9,12-13H,5-6,8H2,1H3,(H,19,20)(H,21,22). The van der Waals surface area contributed by atoms with Crippen molar-refractivity contribution >= 4 is 11.9 Å². The highest BCUT2D eigenvalue weighted by molar-refractivity contribution is 5.84. The third kappa shape index (κ3) is 6.15. The fraction of sp³-hybridized carbons (Fsp3) is 0.467. The lowest BCUT2D eigenvalue weighted by molar-refractivity contribution is -0.143. The molecule has 0 bridgehead atoms. The van der Waals surface area contributed by atoms with Crippen LogP contribution >= 0.6 is 0 Å². The number of rotatable bonds is 8. The van der Waals surface area contributed by atoms with Crippen molar-refractivity contribution in [3.63, 3.8) is 0 Å². The SMILES string of the molecule is CC(CCc1cccc(F)c1)C(=O)NC(CC(F)F)C(=O)O. The summed E-state index contributed by atoms with van der Waals surface area (Å²) in [7, 11) is 0. The van der Waals surface area contributed by atoms with Gasteiger partial charge in [-0.3, -0.25) is 4.79 Å². The number of hydrogen-bond acceptors (Lipinski definition) is 2. The van der Waals surface area contributed by atoms with E-state index >= 15 is 0 Å². The minimum absolute atomic E-state index is 0.357. The number of carbonyl (C=O) groups excluding carboxylic acids is 1. The largest absolute Gasteiger partial charge is 0.480 e. The van der Waals surface area contributed by atoms with E-state index in [2.05, 4.69) is 5.32 Å². The maximum absolute atomic E-state index is 13.0. The molecule has 2 unspecified atom stereocenters. The van der Waals surface area contributed by atoms with Crippen molar-refractivity contribution in [2.24, 2.45) is 5.92 Å². The number of carboxylic acids is 1. The highest BCUT2D eigenvalue weighted by Gasteiger charge is 2.25. The molecule has 122 valence electrons. The molecule has 0 aliphatic rings. The predicted molar refractivity (Wildman–Crippen MR) is 74.1 cm³/mol. The van der Waals surface area contributed by atoms with Gasteiger partial charge >= 0.3 is 5.97 Å². The van der Waals surface area contributed by atoms with Gasteiger partial charge in [-0.15, -0.1) is 0 Å². The lowest BCUT2D eigenvalue weighted by Crippen LogP contribution is -2.44. The third-order valence-electron chi connectivity index (χ3n) is 3.23. The van der Waals surface area contributed by atoms with Crippen LogP contribution in [0, 0.1) is 11.7 Å². The molecule has 0 aliphatic heterocycles. The van der Waals surface area contributed by atoms with Gasteiger partial charge in [-0.25, -0.2) is 18.0 Å². The van der Waals surface area contributed by atoms with Crippen molar-refractivity contribution in [2.45, 2.75) is 38.7 Å². The Balaban J connectivity index is 2.51. The molecule has 0 fully saturated rings. The second kappa shape index (κ2) is 8.41. The molecule has 1 rings (SSSR count). The molecule has 0 radical (unpaired) electrons. The molecule has 2 N–H and O–H groups in total. The monoisotopic (exact) mass is 317 g/mol. The van der Waals surface area contributed by atoms with Gasteiger partial charge in [0.05, 0.1) is 0 Å². The lowest BCUT2D eigenvalue weighted by Gasteiger charge is -2.17. The van der Waals surface area contributed by atoms with Gasteiger partial charge < -0.3 is 10.4 Å². The van der Waals surface area contributed by atoms with Gasteiger partial charge in [0.2, 0.25) is 12.3 Å². The summed E-state index contributed by atoms with van der Waals surface area (Å²) in [5.41, 5.74) is 0.710. The number of halogens is 3. The van der Waals surface area contributed by atoms with Crippen LogP contribution in [-0.2, 0) is 16.0 Å². The summed E-state index contributed by atoms with van der Waals surface area (Å²) < 4.78 is 37.5. The smallest absolute Gasteiger partial charge is 0.326 e. The first kappa shape index (κ1) is 18.0. The maximum Gasteiger partial charge on any atom is 0.326 e. The fourth-order valence-corrected chi connectivity index (χ4v) is 1.92. The zero-order valence-corrected chi connectivity index (χ0v) is 12.1. The van der Waals surface area contributed by atoms with Gasteiger partial charge in [0.15, 0.2) is 0 Å². The molecule has 7 heteroatoms. The van der Waals surface area contributed by atoms with E-state index in [-0.39, 0.29) is 5.82 Å². The number of alkyl halides is 2. The summed E-state index contributed by atoms with van der Waals surface area (Å²) in [5.74, 6) is -3.05. The molecule has 1 aromatic carbocycles. The quantitative estimate of drug-likeness (QED) is 0.774. The predicted octanol–water partition coefficient (Wildman–Crippen LogP) is 2.62. The Morgan fingerprint density at radius 3 is 2.55 bits per heavy atom. The average molecular weight is 317 g/mol. The summed E-state index contributed by atoms with van der Waals surface area (Å²) >= 11 is 0. The summed E-state index contributed by atoms with van der Waals surface area (Å²) in [4.78, 5) is 22.7. The van der Waals surface area contributed by atoms with Crippen LogP contribution < -0.4 is 5.32 Å². The number of amides is 1. The van der Waals surface area contributed by atoms with Gasteiger partial charge in [0, 0.05) is 12.3 Å². The van der Waals surface area contributed by atoms with Gasteiger partial charge in [-0.05, 0) is 30.5 Å². The molecule has 0 spiro atoms. The highest BCUT2D eigenvalue weighted by atomic mass is 19.3. The summed E-state index contributed by atoms with van der Waals surface area (Å²) in [6, 6.07) is 4.32. The van der Waals surface area contributed by atoms with E-state index in [4.69, 9.17) is 5.11 Å². The number of hydrogen-bond donors (Lipinski definition) is 2. The summed E-state index contributed by atoms with van der Waals surface area (Å²) in [6.07, 6.45) is -2.96. The molecule has 1 aromatic rings. The molecule has 22 heavy (non-hydrogen) atoms. The maximum atomic E-state index is 13.0. The van der Waals surface area contributed by atoms with E-state index in [9.17, 15) is 22.8 Å². The molecule has 0 saturated heterocycles. The zero-order chi connectivity index (χ0) is 16.7.